The van der Waals surface area contributed by atoms with Gasteiger partial charge in [-0.15, -0.1) is 11.3 Å². The molecule has 21 heavy (non-hydrogen) atoms. The maximum Gasteiger partial charge on any atom is 0.225 e. The van der Waals surface area contributed by atoms with Gasteiger partial charge < -0.3 is 5.32 Å². The lowest BCUT2D eigenvalue weighted by atomic mass is 10.2. The van der Waals surface area contributed by atoms with Crippen molar-refractivity contribution in [2.24, 2.45) is 0 Å². The van der Waals surface area contributed by atoms with Gasteiger partial charge in [-0.2, -0.15) is 11.8 Å². The van der Waals surface area contributed by atoms with E-state index in [1.165, 1.54) is 0 Å². The van der Waals surface area contributed by atoms with E-state index in [-0.39, 0.29) is 5.91 Å². The third-order valence-corrected chi connectivity index (χ3v) is 5.36. The van der Waals surface area contributed by atoms with E-state index < -0.39 is 0 Å². The van der Waals surface area contributed by atoms with Gasteiger partial charge in [-0.25, -0.2) is 0 Å². The van der Waals surface area contributed by atoms with E-state index in [2.05, 4.69) is 5.32 Å². The molecule has 1 aromatic carbocycles. The lowest BCUT2D eigenvalue weighted by Crippen LogP contribution is -2.27. The largest absolute Gasteiger partial charge is 0.355 e. The predicted octanol–water partition coefficient (Wildman–Crippen LogP) is 4.65. The van der Waals surface area contributed by atoms with Crippen LogP contribution in [0.5, 0.6) is 0 Å². The van der Waals surface area contributed by atoms with Gasteiger partial charge in [-0.05, 0) is 29.1 Å². The fourth-order valence-corrected chi connectivity index (χ4v) is 4.04. The van der Waals surface area contributed by atoms with Gasteiger partial charge >= 0.3 is 0 Å². The van der Waals surface area contributed by atoms with Gasteiger partial charge in [0.15, 0.2) is 0 Å². The Labute approximate surface area is 142 Å². The summed E-state index contributed by atoms with van der Waals surface area (Å²) in [5, 5.41) is 6.28. The first kappa shape index (κ1) is 16.7. The first-order valence-electron chi connectivity index (χ1n) is 6.46. The monoisotopic (exact) mass is 359 g/mol. The normalized spacial score (nSPS) is 10.6. The number of nitrogens with one attached hydrogen (secondary N) is 1. The summed E-state index contributed by atoms with van der Waals surface area (Å²) >= 11 is 15.5. The molecular formula is C15H15Cl2NOS2. The minimum absolute atomic E-state index is 0.0637. The molecule has 1 heterocycles. The highest BCUT2D eigenvalue weighted by atomic mass is 35.5. The summed E-state index contributed by atoms with van der Waals surface area (Å²) in [4.78, 5) is 12.8. The average molecular weight is 360 g/mol. The van der Waals surface area contributed by atoms with Crippen LogP contribution in [0.4, 0.5) is 0 Å². The Bertz CT molecular complexity index is 567. The standard InChI is InChI=1S/C15H15Cl2NOS2/c16-13-4-1-5-14(17)12(13)10-20-8-6-18-15(19)9-11-3-2-7-21-11/h1-5,7H,6,8-10H2,(H,18,19). The second-order valence-corrected chi connectivity index (χ2v) is 7.31. The summed E-state index contributed by atoms with van der Waals surface area (Å²) in [7, 11) is 0. The predicted molar refractivity (Wildman–Crippen MR) is 93.7 cm³/mol. The molecule has 2 nitrogen and oxygen atoms in total. The molecule has 1 N–H and O–H groups in total. The summed E-state index contributed by atoms with van der Waals surface area (Å²) in [5.41, 5.74) is 0.954. The quantitative estimate of drug-likeness (QED) is 0.729. The van der Waals surface area contributed by atoms with Crippen molar-refractivity contribution in [2.45, 2.75) is 12.2 Å². The van der Waals surface area contributed by atoms with Crippen molar-refractivity contribution >= 4 is 52.2 Å². The van der Waals surface area contributed by atoms with Crippen LogP contribution >= 0.6 is 46.3 Å². The number of amides is 1. The molecule has 1 amide bonds. The van der Waals surface area contributed by atoms with Crippen molar-refractivity contribution in [1.82, 2.24) is 5.32 Å². The number of hydrogen-bond acceptors (Lipinski definition) is 3. The van der Waals surface area contributed by atoms with E-state index >= 15 is 0 Å². The Morgan fingerprint density at radius 2 is 1.95 bits per heavy atom. The van der Waals surface area contributed by atoms with Crippen LogP contribution in [0.2, 0.25) is 10.0 Å². The van der Waals surface area contributed by atoms with Crippen LogP contribution < -0.4 is 5.32 Å². The molecule has 0 spiro atoms. The zero-order chi connectivity index (χ0) is 15.1. The van der Waals surface area contributed by atoms with Crippen LogP contribution in [-0.2, 0) is 17.0 Å². The van der Waals surface area contributed by atoms with E-state index in [9.17, 15) is 4.79 Å². The fraction of sp³-hybridized carbons (Fsp3) is 0.267. The Kier molecular flexibility index (Phi) is 6.90. The Balaban J connectivity index is 1.65. The van der Waals surface area contributed by atoms with Gasteiger partial charge in [0, 0.05) is 33.0 Å². The molecule has 0 saturated carbocycles. The first-order valence-corrected chi connectivity index (χ1v) is 9.25. The topological polar surface area (TPSA) is 29.1 Å². The number of carbonyl (C=O) groups is 1. The molecule has 2 aromatic rings. The number of thiophene rings is 1. The van der Waals surface area contributed by atoms with E-state index in [0.29, 0.717) is 23.0 Å². The van der Waals surface area contributed by atoms with Crippen LogP contribution in [-0.4, -0.2) is 18.2 Å². The molecule has 0 unspecified atom stereocenters. The molecule has 6 heteroatoms. The number of halogens is 2. The number of benzene rings is 1. The van der Waals surface area contributed by atoms with Crippen molar-refractivity contribution in [2.75, 3.05) is 12.3 Å². The summed E-state index contributed by atoms with van der Waals surface area (Å²) in [6.45, 7) is 0.650. The average Bonchev–Trinajstić information content (AvgIpc) is 2.94. The van der Waals surface area contributed by atoms with Crippen LogP contribution in [0.3, 0.4) is 0 Å². The minimum atomic E-state index is 0.0637. The smallest absolute Gasteiger partial charge is 0.225 e. The molecule has 0 aliphatic carbocycles. The lowest BCUT2D eigenvalue weighted by Gasteiger charge is -2.07. The second kappa shape index (κ2) is 8.69. The van der Waals surface area contributed by atoms with E-state index in [1.54, 1.807) is 23.1 Å². The molecular weight excluding hydrogens is 345 g/mol. The number of hydrogen-bond donors (Lipinski definition) is 1. The number of carbonyl (C=O) groups excluding carboxylic acids is 1. The molecule has 0 aliphatic rings. The second-order valence-electron chi connectivity index (χ2n) is 4.36. The van der Waals surface area contributed by atoms with E-state index in [1.807, 2.05) is 35.7 Å². The van der Waals surface area contributed by atoms with Crippen LogP contribution in [0, 0.1) is 0 Å². The maximum atomic E-state index is 11.7. The number of rotatable bonds is 7. The van der Waals surface area contributed by atoms with E-state index in [0.717, 1.165) is 21.9 Å². The van der Waals surface area contributed by atoms with Gasteiger partial charge in [0.05, 0.1) is 6.42 Å². The SMILES string of the molecule is O=C(Cc1cccs1)NCCSCc1c(Cl)cccc1Cl. The fourth-order valence-electron chi connectivity index (χ4n) is 1.74. The van der Waals surface area contributed by atoms with Gasteiger partial charge in [-0.3, -0.25) is 4.79 Å². The highest BCUT2D eigenvalue weighted by Crippen LogP contribution is 2.27. The molecule has 2 rings (SSSR count). The summed E-state index contributed by atoms with van der Waals surface area (Å²) in [5.74, 6) is 1.64. The molecule has 0 fully saturated rings. The van der Waals surface area contributed by atoms with Crippen LogP contribution in [0.1, 0.15) is 10.4 Å². The van der Waals surface area contributed by atoms with E-state index in [4.69, 9.17) is 23.2 Å². The maximum absolute atomic E-state index is 11.7. The van der Waals surface area contributed by atoms with Crippen molar-refractivity contribution in [3.63, 3.8) is 0 Å². The summed E-state index contributed by atoms with van der Waals surface area (Å²) < 4.78 is 0. The number of thioether (sulfide) groups is 1. The molecule has 0 saturated heterocycles. The lowest BCUT2D eigenvalue weighted by molar-refractivity contribution is -0.120. The third-order valence-electron chi connectivity index (χ3n) is 2.79. The highest BCUT2D eigenvalue weighted by molar-refractivity contribution is 7.98. The van der Waals surface area contributed by atoms with Crippen molar-refractivity contribution < 1.29 is 4.79 Å². The van der Waals surface area contributed by atoms with Crippen molar-refractivity contribution in [3.05, 3.63) is 56.2 Å². The summed E-state index contributed by atoms with van der Waals surface area (Å²) in [6.07, 6.45) is 0.457. The molecule has 0 aliphatic heterocycles. The van der Waals surface area contributed by atoms with Gasteiger partial charge in [-0.1, -0.05) is 35.3 Å². The molecule has 0 atom stereocenters. The van der Waals surface area contributed by atoms with Crippen molar-refractivity contribution in [3.8, 4) is 0 Å². The Morgan fingerprint density at radius 1 is 1.19 bits per heavy atom. The Morgan fingerprint density at radius 3 is 2.62 bits per heavy atom. The third kappa shape index (κ3) is 5.55. The molecule has 0 bridgehead atoms. The highest BCUT2D eigenvalue weighted by Gasteiger charge is 2.06. The summed E-state index contributed by atoms with van der Waals surface area (Å²) in [6, 6.07) is 9.44. The zero-order valence-corrected chi connectivity index (χ0v) is 14.4. The molecule has 112 valence electrons. The Hall–Kier alpha value is -0.680. The van der Waals surface area contributed by atoms with Crippen LogP contribution in [0.15, 0.2) is 35.7 Å². The molecule has 1 aromatic heterocycles. The van der Waals surface area contributed by atoms with Crippen molar-refractivity contribution in [1.29, 1.82) is 0 Å². The van der Waals surface area contributed by atoms with Gasteiger partial charge in [0.1, 0.15) is 0 Å². The zero-order valence-electron chi connectivity index (χ0n) is 11.3. The van der Waals surface area contributed by atoms with Crippen LogP contribution in [0.25, 0.3) is 0 Å². The van der Waals surface area contributed by atoms with Gasteiger partial charge in [0.2, 0.25) is 5.91 Å². The first-order chi connectivity index (χ1) is 10.2. The van der Waals surface area contributed by atoms with Gasteiger partial charge in [0.25, 0.3) is 0 Å². The molecule has 0 radical (unpaired) electrons. The minimum Gasteiger partial charge on any atom is -0.355 e.